The van der Waals surface area contributed by atoms with Crippen molar-refractivity contribution >= 4 is 21.9 Å². The Morgan fingerprint density at radius 2 is 1.70 bits per heavy atom. The quantitative estimate of drug-likeness (QED) is 0.345. The third kappa shape index (κ3) is 2.64. The van der Waals surface area contributed by atoms with Crippen molar-refractivity contribution in [2.24, 2.45) is 7.05 Å². The Kier molecular flexibility index (Phi) is 3.96. The monoisotopic (exact) mass is 399 g/mol. The number of fused-ring (bicyclic) bond motifs is 5. The first kappa shape index (κ1) is 19.3. The van der Waals surface area contributed by atoms with Crippen molar-refractivity contribution in [2.45, 2.75) is 65.2 Å². The van der Waals surface area contributed by atoms with Gasteiger partial charge in [-0.1, -0.05) is 45.9 Å². The molecule has 0 aliphatic heterocycles. The Labute approximate surface area is 178 Å². The maximum atomic E-state index is 6.58. The highest BCUT2D eigenvalue weighted by molar-refractivity contribution is 6.11. The Bertz CT molecular complexity index is 1320. The van der Waals surface area contributed by atoms with Gasteiger partial charge < -0.3 is 4.42 Å². The second-order valence-corrected chi connectivity index (χ2v) is 10.4. The van der Waals surface area contributed by atoms with E-state index in [0.717, 1.165) is 28.1 Å². The Balaban J connectivity index is 1.93. The third-order valence-corrected chi connectivity index (χ3v) is 7.14. The van der Waals surface area contributed by atoms with Crippen LogP contribution in [0.2, 0.25) is 0 Å². The van der Waals surface area contributed by atoms with Gasteiger partial charge in [-0.2, -0.15) is 0 Å². The number of benzene rings is 2. The average molecular weight is 400 g/mol. The van der Waals surface area contributed by atoms with E-state index < -0.39 is 0 Å². The average Bonchev–Trinajstić information content (AvgIpc) is 3.04. The predicted molar refractivity (Wildman–Crippen MR) is 123 cm³/mol. The van der Waals surface area contributed by atoms with E-state index in [2.05, 4.69) is 83.6 Å². The molecule has 1 aliphatic carbocycles. The molecule has 0 atom stereocenters. The SMILES string of the molecule is Cc1cnc(-c2c(C)ccc3c2oc2ccc4c(c23)C(C)(C)CCC4(C)C)[n+](C)c1. The van der Waals surface area contributed by atoms with Crippen LogP contribution in [0.15, 0.2) is 41.1 Å². The molecule has 0 unspecified atom stereocenters. The lowest BCUT2D eigenvalue weighted by Crippen LogP contribution is -2.33. The van der Waals surface area contributed by atoms with Crippen LogP contribution in [0.3, 0.4) is 0 Å². The molecular weight excluding hydrogens is 368 g/mol. The summed E-state index contributed by atoms with van der Waals surface area (Å²) in [6.45, 7) is 13.7. The number of hydrogen-bond donors (Lipinski definition) is 0. The van der Waals surface area contributed by atoms with E-state index in [1.165, 1.54) is 40.3 Å². The third-order valence-electron chi connectivity index (χ3n) is 7.14. The van der Waals surface area contributed by atoms with E-state index in [4.69, 9.17) is 9.40 Å². The van der Waals surface area contributed by atoms with Crippen LogP contribution in [-0.2, 0) is 17.9 Å². The molecular formula is C27H31N2O+. The largest absolute Gasteiger partial charge is 0.455 e. The van der Waals surface area contributed by atoms with Crippen LogP contribution in [0.4, 0.5) is 0 Å². The molecule has 0 radical (unpaired) electrons. The fraction of sp³-hybridized carbons (Fsp3) is 0.407. The van der Waals surface area contributed by atoms with Gasteiger partial charge in [0.15, 0.2) is 5.58 Å². The zero-order valence-electron chi connectivity index (χ0n) is 19.2. The number of hydrogen-bond acceptors (Lipinski definition) is 2. The van der Waals surface area contributed by atoms with Gasteiger partial charge in [-0.15, -0.1) is 0 Å². The molecule has 1 aliphatic rings. The maximum absolute atomic E-state index is 6.58. The van der Waals surface area contributed by atoms with E-state index in [-0.39, 0.29) is 10.8 Å². The van der Waals surface area contributed by atoms with Gasteiger partial charge in [-0.3, -0.25) is 0 Å². The van der Waals surface area contributed by atoms with Crippen molar-refractivity contribution < 1.29 is 8.98 Å². The first-order valence-corrected chi connectivity index (χ1v) is 10.9. The minimum Gasteiger partial charge on any atom is -0.455 e. The molecule has 4 aromatic rings. The Morgan fingerprint density at radius 3 is 2.43 bits per heavy atom. The molecule has 154 valence electrons. The van der Waals surface area contributed by atoms with E-state index in [1.54, 1.807) is 0 Å². The lowest BCUT2D eigenvalue weighted by molar-refractivity contribution is -0.663. The molecule has 2 aromatic carbocycles. The topological polar surface area (TPSA) is 29.9 Å². The Morgan fingerprint density at radius 1 is 0.967 bits per heavy atom. The standard InChI is InChI=1S/C27H31N2O/c1-16-14-28-25(29(7)15-16)21-17(2)8-9-18-22-20(30-24(18)21)11-10-19-23(22)27(5,6)13-12-26(19,3)4/h8-11,14-15H,12-13H2,1-7H3/q+1. The van der Waals surface area contributed by atoms with E-state index in [0.29, 0.717) is 0 Å². The van der Waals surface area contributed by atoms with Gasteiger partial charge >= 0.3 is 5.82 Å². The zero-order valence-corrected chi connectivity index (χ0v) is 19.2. The lowest BCUT2D eigenvalue weighted by Gasteiger charge is -2.42. The van der Waals surface area contributed by atoms with Crippen molar-refractivity contribution in [1.82, 2.24) is 4.98 Å². The first-order chi connectivity index (χ1) is 14.1. The van der Waals surface area contributed by atoms with Gasteiger partial charge in [-0.05, 0) is 65.3 Å². The summed E-state index contributed by atoms with van der Waals surface area (Å²) < 4.78 is 8.68. The fourth-order valence-electron chi connectivity index (χ4n) is 5.35. The lowest BCUT2D eigenvalue weighted by atomic mass is 9.62. The molecule has 0 amide bonds. The number of nitrogens with zero attached hydrogens (tertiary/aromatic N) is 2. The van der Waals surface area contributed by atoms with Gasteiger partial charge in [0.1, 0.15) is 17.3 Å². The molecule has 3 heteroatoms. The van der Waals surface area contributed by atoms with Crippen molar-refractivity contribution in [3.63, 3.8) is 0 Å². The fourth-order valence-corrected chi connectivity index (χ4v) is 5.35. The summed E-state index contributed by atoms with van der Waals surface area (Å²) in [5.41, 5.74) is 8.59. The molecule has 0 N–H and O–H groups in total. The molecule has 2 aromatic heterocycles. The highest BCUT2D eigenvalue weighted by Gasteiger charge is 2.39. The van der Waals surface area contributed by atoms with Crippen molar-refractivity contribution in [3.05, 3.63) is 58.9 Å². The molecule has 2 heterocycles. The number of aryl methyl sites for hydroxylation is 3. The molecule has 0 fully saturated rings. The molecule has 0 saturated carbocycles. The summed E-state index contributed by atoms with van der Waals surface area (Å²) >= 11 is 0. The van der Waals surface area contributed by atoms with Crippen molar-refractivity contribution in [1.29, 1.82) is 0 Å². The minimum atomic E-state index is 0.124. The number of aromatic nitrogens is 2. The second-order valence-electron chi connectivity index (χ2n) is 10.4. The second kappa shape index (κ2) is 6.16. The molecule has 0 saturated heterocycles. The summed E-state index contributed by atoms with van der Waals surface area (Å²) in [5, 5.41) is 2.49. The number of rotatable bonds is 1. The zero-order chi connectivity index (χ0) is 21.4. The van der Waals surface area contributed by atoms with Gasteiger partial charge in [-0.25, -0.2) is 4.57 Å². The van der Waals surface area contributed by atoms with Crippen LogP contribution >= 0.6 is 0 Å². The van der Waals surface area contributed by atoms with Gasteiger partial charge in [0.05, 0.1) is 13.2 Å². The first-order valence-electron chi connectivity index (χ1n) is 10.9. The van der Waals surface area contributed by atoms with Gasteiger partial charge in [0.25, 0.3) is 0 Å². The molecule has 5 rings (SSSR count). The highest BCUT2D eigenvalue weighted by Crippen LogP contribution is 2.51. The van der Waals surface area contributed by atoms with Crippen LogP contribution in [0.5, 0.6) is 0 Å². The summed E-state index contributed by atoms with van der Waals surface area (Å²) in [4.78, 5) is 4.77. The van der Waals surface area contributed by atoms with Crippen LogP contribution < -0.4 is 4.57 Å². The van der Waals surface area contributed by atoms with Crippen LogP contribution in [0, 0.1) is 13.8 Å². The molecule has 0 spiro atoms. The van der Waals surface area contributed by atoms with Crippen LogP contribution in [-0.4, -0.2) is 4.98 Å². The molecule has 30 heavy (non-hydrogen) atoms. The van der Waals surface area contributed by atoms with Crippen molar-refractivity contribution in [2.75, 3.05) is 0 Å². The summed E-state index contributed by atoms with van der Waals surface area (Å²) in [5.74, 6) is 0.941. The van der Waals surface area contributed by atoms with Crippen molar-refractivity contribution in [3.8, 4) is 11.4 Å². The predicted octanol–water partition coefficient (Wildman–Crippen LogP) is 6.44. The normalized spacial score (nSPS) is 17.4. The minimum absolute atomic E-state index is 0.124. The van der Waals surface area contributed by atoms with Crippen LogP contribution in [0.1, 0.15) is 62.8 Å². The van der Waals surface area contributed by atoms with E-state index in [9.17, 15) is 0 Å². The molecule has 0 bridgehead atoms. The Hall–Kier alpha value is -2.68. The summed E-state index contributed by atoms with van der Waals surface area (Å²) in [6.07, 6.45) is 6.45. The summed E-state index contributed by atoms with van der Waals surface area (Å²) in [7, 11) is 2.06. The maximum Gasteiger partial charge on any atom is 0.334 e. The molecule has 3 nitrogen and oxygen atoms in total. The number of furan rings is 1. The smallest absolute Gasteiger partial charge is 0.334 e. The summed E-state index contributed by atoms with van der Waals surface area (Å²) in [6, 6.07) is 8.94. The van der Waals surface area contributed by atoms with Crippen LogP contribution in [0.25, 0.3) is 33.3 Å². The van der Waals surface area contributed by atoms with Gasteiger partial charge in [0.2, 0.25) is 0 Å². The van der Waals surface area contributed by atoms with E-state index in [1.807, 2.05) is 6.20 Å². The van der Waals surface area contributed by atoms with E-state index >= 15 is 0 Å². The highest BCUT2D eigenvalue weighted by atomic mass is 16.3. The van der Waals surface area contributed by atoms with Gasteiger partial charge in [0, 0.05) is 16.3 Å².